The summed E-state index contributed by atoms with van der Waals surface area (Å²) in [6, 6.07) is -1.03. The second-order valence-corrected chi connectivity index (χ2v) is 20.4. The van der Waals surface area contributed by atoms with Gasteiger partial charge in [0.05, 0.1) is 25.4 Å². The fourth-order valence-electron chi connectivity index (χ4n) is 8.92. The van der Waals surface area contributed by atoms with Gasteiger partial charge < -0.3 is 45.1 Å². The maximum absolute atomic E-state index is 13.4. The number of allylic oxidation sites excluding steroid dienone is 11. The molecule has 0 spiro atoms. The molecule has 1 amide bonds. The summed E-state index contributed by atoms with van der Waals surface area (Å²) >= 11 is 0. The van der Waals surface area contributed by atoms with Gasteiger partial charge in [-0.2, -0.15) is 0 Å². The molecule has 1 aliphatic heterocycles. The number of aliphatic hydroxyl groups is 5. The van der Waals surface area contributed by atoms with Crippen molar-refractivity contribution in [3.05, 3.63) is 72.9 Å². The van der Waals surface area contributed by atoms with Crippen LogP contribution in [0.4, 0.5) is 0 Å². The minimum Gasteiger partial charge on any atom is -0.454 e. The van der Waals surface area contributed by atoms with Crippen LogP contribution in [0.15, 0.2) is 72.9 Å². The third-order valence-corrected chi connectivity index (χ3v) is 13.7. The maximum atomic E-state index is 13.4. The van der Waals surface area contributed by atoms with Crippen LogP contribution in [0.25, 0.3) is 0 Å². The first kappa shape index (κ1) is 68.1. The number of carbonyl (C=O) groups is 2. The van der Waals surface area contributed by atoms with E-state index in [9.17, 15) is 35.1 Å². The summed E-state index contributed by atoms with van der Waals surface area (Å²) in [5, 5.41) is 56.8. The Morgan fingerprint density at radius 3 is 1.60 bits per heavy atom. The lowest BCUT2D eigenvalue weighted by atomic mass is 9.99. The van der Waals surface area contributed by atoms with E-state index < -0.39 is 67.4 Å². The van der Waals surface area contributed by atoms with E-state index in [0.717, 1.165) is 103 Å². The summed E-state index contributed by atoms with van der Waals surface area (Å²) in [7, 11) is 0. The molecule has 0 aromatic carbocycles. The monoisotopic (exact) mass is 1030 g/mol. The summed E-state index contributed by atoms with van der Waals surface area (Å²) in [4.78, 5) is 26.5. The molecule has 0 aromatic heterocycles. The van der Waals surface area contributed by atoms with E-state index in [-0.39, 0.29) is 19.4 Å². The van der Waals surface area contributed by atoms with Gasteiger partial charge in [-0.1, -0.05) is 235 Å². The van der Waals surface area contributed by atoms with Crippen LogP contribution in [0.1, 0.15) is 245 Å². The Labute approximate surface area is 445 Å². The second kappa shape index (κ2) is 49.9. The third kappa shape index (κ3) is 38.3. The van der Waals surface area contributed by atoms with Gasteiger partial charge in [0.2, 0.25) is 5.91 Å². The fraction of sp³-hybridized carbons (Fsp3) is 0.774. The van der Waals surface area contributed by atoms with Gasteiger partial charge >= 0.3 is 5.97 Å². The van der Waals surface area contributed by atoms with Gasteiger partial charge in [0.1, 0.15) is 24.4 Å². The number of rotatable bonds is 49. The van der Waals surface area contributed by atoms with E-state index in [4.69, 9.17) is 14.2 Å². The molecular weight excluding hydrogens is 919 g/mol. The fourth-order valence-corrected chi connectivity index (χ4v) is 8.92. The largest absolute Gasteiger partial charge is 0.454 e. The van der Waals surface area contributed by atoms with Crippen LogP contribution in [0, 0.1) is 0 Å². The molecule has 0 aliphatic carbocycles. The van der Waals surface area contributed by atoms with E-state index >= 15 is 0 Å². The SMILES string of the molecule is CC/C=C/C=C/C=C/CCCCCCCCC(O)C(=O)NC(COC1OC(CO)C(O)C(O)C1OC(=O)CCCCCCCCCCC/C=C\C/C=C\CCCCC)C(O)/C=C/CCCCCCCCCCC. The van der Waals surface area contributed by atoms with E-state index in [1.54, 1.807) is 6.08 Å². The highest BCUT2D eigenvalue weighted by molar-refractivity contribution is 5.80. The number of amides is 1. The van der Waals surface area contributed by atoms with Crippen molar-refractivity contribution in [2.75, 3.05) is 13.2 Å². The zero-order chi connectivity index (χ0) is 53.3. The Balaban J connectivity index is 2.69. The third-order valence-electron chi connectivity index (χ3n) is 13.7. The lowest BCUT2D eigenvalue weighted by Crippen LogP contribution is -2.61. The van der Waals surface area contributed by atoms with Gasteiger partial charge in [-0.15, -0.1) is 0 Å². The molecule has 0 radical (unpaired) electrons. The standard InChI is InChI=1S/C62H109NO10/c1-4-7-10-13-16-19-22-24-26-27-28-29-30-32-35-38-41-44-47-50-57(67)73-60-59(69)58(68)56(51-64)72-62(60)71-52-53(54(65)48-45-42-39-36-33-21-18-15-12-9-6-3)63-61(70)55(66)49-46-43-40-37-34-31-25-23-20-17-14-11-8-5-2/h8,11,14,16-17,19-20,23-24,26,45,48,53-56,58-60,62,64-66,68-69H,4-7,9-10,12-13,15,18,21-22,25,27-44,46-47,49-52H2,1-3H3,(H,63,70)/b11-8+,17-14+,19-16-,23-20+,26-24-,48-45+. The average molecular weight is 1030 g/mol. The van der Waals surface area contributed by atoms with Gasteiger partial charge in [0, 0.05) is 6.42 Å². The lowest BCUT2D eigenvalue weighted by Gasteiger charge is -2.41. The Morgan fingerprint density at radius 1 is 0.562 bits per heavy atom. The van der Waals surface area contributed by atoms with Crippen molar-refractivity contribution in [3.8, 4) is 0 Å². The summed E-state index contributed by atoms with van der Waals surface area (Å²) in [6.07, 6.45) is 52.2. The molecular formula is C62H109NO10. The van der Waals surface area contributed by atoms with Gasteiger partial charge in [0.25, 0.3) is 0 Å². The van der Waals surface area contributed by atoms with Crippen molar-refractivity contribution >= 4 is 11.9 Å². The zero-order valence-electron chi connectivity index (χ0n) is 46.5. The number of aliphatic hydroxyl groups excluding tert-OH is 5. The van der Waals surface area contributed by atoms with Crippen LogP contribution < -0.4 is 5.32 Å². The highest BCUT2D eigenvalue weighted by atomic mass is 16.7. The van der Waals surface area contributed by atoms with Crippen molar-refractivity contribution in [1.29, 1.82) is 0 Å². The van der Waals surface area contributed by atoms with Crippen molar-refractivity contribution in [2.45, 2.75) is 294 Å². The van der Waals surface area contributed by atoms with Crippen LogP contribution in [0.3, 0.4) is 0 Å². The normalized spacial score (nSPS) is 19.9. The molecule has 1 heterocycles. The Bertz CT molecular complexity index is 1460. The molecule has 11 heteroatoms. The topological polar surface area (TPSA) is 175 Å². The molecule has 8 unspecified atom stereocenters. The Morgan fingerprint density at radius 2 is 1.04 bits per heavy atom. The van der Waals surface area contributed by atoms with Gasteiger partial charge in [-0.05, 0) is 77.0 Å². The molecule has 11 nitrogen and oxygen atoms in total. The minimum absolute atomic E-state index is 0.115. The first-order valence-electron chi connectivity index (χ1n) is 29.7. The first-order chi connectivity index (χ1) is 35.7. The number of carbonyl (C=O) groups excluding carboxylic acids is 2. The van der Waals surface area contributed by atoms with Crippen molar-refractivity contribution in [3.63, 3.8) is 0 Å². The molecule has 0 aromatic rings. The second-order valence-electron chi connectivity index (χ2n) is 20.4. The van der Waals surface area contributed by atoms with Gasteiger partial charge in [-0.25, -0.2) is 0 Å². The van der Waals surface area contributed by atoms with Crippen LogP contribution in [0.2, 0.25) is 0 Å². The van der Waals surface area contributed by atoms with Crippen molar-refractivity contribution in [2.24, 2.45) is 0 Å². The van der Waals surface area contributed by atoms with Crippen molar-refractivity contribution in [1.82, 2.24) is 5.32 Å². The summed E-state index contributed by atoms with van der Waals surface area (Å²) in [5.41, 5.74) is 0. The number of esters is 1. The number of hydrogen-bond acceptors (Lipinski definition) is 10. The molecule has 8 atom stereocenters. The van der Waals surface area contributed by atoms with Gasteiger partial charge in [-0.3, -0.25) is 9.59 Å². The molecule has 1 aliphatic rings. The van der Waals surface area contributed by atoms with E-state index in [0.29, 0.717) is 12.8 Å². The van der Waals surface area contributed by atoms with Crippen LogP contribution in [-0.2, 0) is 23.8 Å². The zero-order valence-corrected chi connectivity index (χ0v) is 46.5. The quantitative estimate of drug-likeness (QED) is 0.0149. The molecule has 6 N–H and O–H groups in total. The van der Waals surface area contributed by atoms with Crippen LogP contribution in [-0.4, -0.2) is 99.6 Å². The predicted molar refractivity (Wildman–Crippen MR) is 301 cm³/mol. The Kier molecular flexibility index (Phi) is 46.6. The first-order valence-corrected chi connectivity index (χ1v) is 29.7. The molecule has 1 fully saturated rings. The molecule has 0 bridgehead atoms. The molecule has 1 saturated heterocycles. The van der Waals surface area contributed by atoms with E-state index in [1.165, 1.54) is 96.3 Å². The van der Waals surface area contributed by atoms with E-state index in [1.807, 2.05) is 18.2 Å². The molecule has 0 saturated carbocycles. The molecule has 1 rings (SSSR count). The highest BCUT2D eigenvalue weighted by Gasteiger charge is 2.47. The average Bonchev–Trinajstić information content (AvgIpc) is 3.39. The summed E-state index contributed by atoms with van der Waals surface area (Å²) < 4.78 is 17.6. The summed E-state index contributed by atoms with van der Waals surface area (Å²) in [6.45, 7) is 5.61. The number of ether oxygens (including phenoxy) is 3. The van der Waals surface area contributed by atoms with E-state index in [2.05, 4.69) is 74.7 Å². The van der Waals surface area contributed by atoms with Gasteiger partial charge in [0.15, 0.2) is 12.4 Å². The van der Waals surface area contributed by atoms with Crippen molar-refractivity contribution < 1.29 is 49.3 Å². The van der Waals surface area contributed by atoms with Crippen LogP contribution >= 0.6 is 0 Å². The number of unbranched alkanes of at least 4 members (excludes halogenated alkanes) is 27. The lowest BCUT2D eigenvalue weighted by molar-refractivity contribution is -0.305. The maximum Gasteiger partial charge on any atom is 0.306 e. The minimum atomic E-state index is -1.62. The smallest absolute Gasteiger partial charge is 0.306 e. The molecule has 422 valence electrons. The predicted octanol–water partition coefficient (Wildman–Crippen LogP) is 13.6. The van der Waals surface area contributed by atoms with Crippen LogP contribution in [0.5, 0.6) is 0 Å². The summed E-state index contributed by atoms with van der Waals surface area (Å²) in [5.74, 6) is -1.21. The molecule has 73 heavy (non-hydrogen) atoms. The highest BCUT2D eigenvalue weighted by Crippen LogP contribution is 2.26. The number of nitrogens with one attached hydrogen (secondary N) is 1. The Hall–Kier alpha value is -2.90. The number of hydrogen-bond donors (Lipinski definition) is 6.